The van der Waals surface area contributed by atoms with Gasteiger partial charge in [-0.1, -0.05) is 24.3 Å². The van der Waals surface area contributed by atoms with Crippen molar-refractivity contribution in [1.82, 2.24) is 14.9 Å². The van der Waals surface area contributed by atoms with Gasteiger partial charge in [0.2, 0.25) is 5.95 Å². The van der Waals surface area contributed by atoms with Gasteiger partial charge in [0.1, 0.15) is 17.6 Å². The largest absolute Gasteiger partial charge is 0.573 e. The molecule has 46 heavy (non-hydrogen) atoms. The van der Waals surface area contributed by atoms with Crippen LogP contribution in [-0.4, -0.2) is 65.6 Å². The number of aryl methyl sites for hydroxylation is 1. The summed E-state index contributed by atoms with van der Waals surface area (Å²) in [5.74, 6) is -0.457. The van der Waals surface area contributed by atoms with Gasteiger partial charge >= 0.3 is 18.4 Å². The molecule has 0 aliphatic carbocycles. The Hall–Kier alpha value is -5.33. The van der Waals surface area contributed by atoms with Crippen molar-refractivity contribution in [2.24, 2.45) is 0 Å². The summed E-state index contributed by atoms with van der Waals surface area (Å²) in [6.07, 6.45) is -4.53. The van der Waals surface area contributed by atoms with E-state index in [0.717, 1.165) is 16.7 Å². The van der Waals surface area contributed by atoms with Gasteiger partial charge in [0, 0.05) is 31.4 Å². The molecule has 1 N–H and O–H groups in total. The highest BCUT2D eigenvalue weighted by molar-refractivity contribution is 5.89. The summed E-state index contributed by atoms with van der Waals surface area (Å²) >= 11 is 0. The van der Waals surface area contributed by atoms with Gasteiger partial charge in [0.25, 0.3) is 0 Å². The van der Waals surface area contributed by atoms with E-state index in [-0.39, 0.29) is 17.9 Å². The summed E-state index contributed by atoms with van der Waals surface area (Å²) in [6, 6.07) is 15.2. The minimum Gasteiger partial charge on any atom is -0.496 e. The number of carboxylic acid groups (broad SMARTS) is 1. The number of benzene rings is 3. The zero-order valence-electron chi connectivity index (χ0n) is 25.6. The molecule has 5 rings (SSSR count). The van der Waals surface area contributed by atoms with E-state index in [0.29, 0.717) is 34.1 Å². The monoisotopic (exact) mass is 636 g/mol. The van der Waals surface area contributed by atoms with Gasteiger partial charge in [-0.3, -0.25) is 4.90 Å². The summed E-state index contributed by atoms with van der Waals surface area (Å²) in [7, 11) is 5.12. The van der Waals surface area contributed by atoms with Crippen LogP contribution in [0.25, 0.3) is 22.3 Å². The number of alkyl halides is 3. The summed E-state index contributed by atoms with van der Waals surface area (Å²) in [6.45, 7) is 3.65. The minimum absolute atomic E-state index is 0.0319. The van der Waals surface area contributed by atoms with E-state index in [1.165, 1.54) is 36.3 Å². The highest BCUT2D eigenvalue weighted by atomic mass is 19.4. The van der Waals surface area contributed by atoms with Crippen LogP contribution in [0.1, 0.15) is 40.2 Å². The molecule has 2 atom stereocenters. The Labute approximate surface area is 263 Å². The van der Waals surface area contributed by atoms with E-state index in [9.17, 15) is 27.9 Å². The standard InChI is InChI=1S/C33H31F3N4O6/c1-18-14-22(30(41)42)8-12-24(18)21-9-13-28(44-5)25(15-21)26-16-37-31(39(3)4)38-27(26)17-40-19(2)29(45-32(40)43)20-6-10-23(11-7-20)46-33(34,35)36/h6-16,19,29H,17H2,1-5H3,(H,41,42)/t19-,29-/m0/s1. The number of aromatic carboxylic acids is 1. The fourth-order valence-corrected chi connectivity index (χ4v) is 5.35. The van der Waals surface area contributed by atoms with Crippen LogP contribution in [0.3, 0.4) is 0 Å². The van der Waals surface area contributed by atoms with Crippen molar-refractivity contribution >= 4 is 18.0 Å². The number of nitrogens with zero attached hydrogens (tertiary/aromatic N) is 4. The van der Waals surface area contributed by atoms with E-state index in [1.807, 2.05) is 19.1 Å². The van der Waals surface area contributed by atoms with Crippen LogP contribution in [0.15, 0.2) is 66.9 Å². The number of aromatic nitrogens is 2. The number of methoxy groups -OCH3 is 1. The van der Waals surface area contributed by atoms with Crippen molar-refractivity contribution in [3.8, 4) is 33.8 Å². The molecule has 1 aromatic heterocycles. The van der Waals surface area contributed by atoms with Crippen molar-refractivity contribution in [3.05, 3.63) is 89.2 Å². The molecule has 4 aromatic rings. The van der Waals surface area contributed by atoms with Crippen LogP contribution in [0.5, 0.6) is 11.5 Å². The van der Waals surface area contributed by atoms with Crippen LogP contribution < -0.4 is 14.4 Å². The lowest BCUT2D eigenvalue weighted by Crippen LogP contribution is -2.32. The molecule has 10 nitrogen and oxygen atoms in total. The van der Waals surface area contributed by atoms with Gasteiger partial charge in [-0.25, -0.2) is 19.6 Å². The molecule has 0 unspecified atom stereocenters. The Balaban J connectivity index is 1.51. The number of hydrogen-bond acceptors (Lipinski definition) is 8. The number of carbonyl (C=O) groups is 2. The molecule has 0 bridgehead atoms. The van der Waals surface area contributed by atoms with Crippen LogP contribution in [0.2, 0.25) is 0 Å². The first kappa shape index (κ1) is 32.1. The number of cyclic esters (lactones) is 1. The second-order valence-electron chi connectivity index (χ2n) is 11.0. The molecule has 0 spiro atoms. The Bertz CT molecular complexity index is 1780. The van der Waals surface area contributed by atoms with Gasteiger partial charge in [-0.2, -0.15) is 0 Å². The maximum absolute atomic E-state index is 13.2. The Kier molecular flexibility index (Phi) is 8.77. The lowest BCUT2D eigenvalue weighted by molar-refractivity contribution is -0.274. The van der Waals surface area contributed by atoms with Gasteiger partial charge in [0.05, 0.1) is 31.0 Å². The maximum atomic E-state index is 13.2. The number of carboxylic acids is 1. The van der Waals surface area contributed by atoms with Crippen molar-refractivity contribution in [3.63, 3.8) is 0 Å². The average molecular weight is 637 g/mol. The molecule has 1 fully saturated rings. The molecule has 240 valence electrons. The maximum Gasteiger partial charge on any atom is 0.573 e. The Morgan fingerprint density at radius 2 is 1.76 bits per heavy atom. The van der Waals surface area contributed by atoms with Crippen LogP contribution in [0, 0.1) is 6.92 Å². The second kappa shape index (κ2) is 12.6. The fourth-order valence-electron chi connectivity index (χ4n) is 5.35. The molecule has 0 radical (unpaired) electrons. The fraction of sp³-hybridized carbons (Fsp3) is 0.273. The summed E-state index contributed by atoms with van der Waals surface area (Å²) in [5.41, 5.74) is 4.85. The van der Waals surface area contributed by atoms with Crippen LogP contribution in [-0.2, 0) is 11.3 Å². The Morgan fingerprint density at radius 3 is 2.37 bits per heavy atom. The zero-order valence-corrected chi connectivity index (χ0v) is 25.6. The SMILES string of the molecule is COc1ccc(-c2ccc(C(=O)O)cc2C)cc1-c1cnc(N(C)C)nc1CN1C(=O)O[C@H](c2ccc(OC(F)(F)F)cc2)[C@@H]1C. The second-order valence-corrected chi connectivity index (χ2v) is 11.0. The molecule has 1 amide bonds. The topological polar surface area (TPSA) is 114 Å². The molecule has 1 aliphatic heterocycles. The number of hydrogen-bond donors (Lipinski definition) is 1. The number of amides is 1. The molecule has 13 heteroatoms. The third-order valence-electron chi connectivity index (χ3n) is 7.68. The van der Waals surface area contributed by atoms with E-state index in [1.54, 1.807) is 56.4 Å². The van der Waals surface area contributed by atoms with E-state index >= 15 is 0 Å². The minimum atomic E-state index is -4.82. The number of carbonyl (C=O) groups excluding carboxylic acids is 1. The third kappa shape index (κ3) is 6.67. The van der Waals surface area contributed by atoms with Crippen molar-refractivity contribution in [1.29, 1.82) is 0 Å². The summed E-state index contributed by atoms with van der Waals surface area (Å²) in [5, 5.41) is 9.39. The molecule has 2 heterocycles. The first-order valence-corrected chi connectivity index (χ1v) is 14.1. The predicted molar refractivity (Wildman–Crippen MR) is 163 cm³/mol. The van der Waals surface area contributed by atoms with E-state index in [2.05, 4.69) is 9.72 Å². The number of ether oxygens (including phenoxy) is 3. The van der Waals surface area contributed by atoms with Gasteiger partial charge in [-0.15, -0.1) is 13.2 Å². The predicted octanol–water partition coefficient (Wildman–Crippen LogP) is 6.87. The molecular weight excluding hydrogens is 605 g/mol. The van der Waals surface area contributed by atoms with Crippen LogP contribution in [0.4, 0.5) is 23.9 Å². The number of halogens is 3. The van der Waals surface area contributed by atoms with Crippen molar-refractivity contribution in [2.45, 2.75) is 38.9 Å². The Morgan fingerprint density at radius 1 is 1.04 bits per heavy atom. The molecule has 3 aromatic carbocycles. The molecular formula is C33H31F3N4O6. The smallest absolute Gasteiger partial charge is 0.496 e. The van der Waals surface area contributed by atoms with Gasteiger partial charge in [0.15, 0.2) is 0 Å². The zero-order chi connectivity index (χ0) is 33.3. The summed E-state index contributed by atoms with van der Waals surface area (Å²) in [4.78, 5) is 37.2. The van der Waals surface area contributed by atoms with Crippen molar-refractivity contribution in [2.75, 3.05) is 26.1 Å². The van der Waals surface area contributed by atoms with Crippen LogP contribution >= 0.6 is 0 Å². The third-order valence-corrected chi connectivity index (χ3v) is 7.68. The number of rotatable bonds is 9. The first-order chi connectivity index (χ1) is 21.8. The van der Waals surface area contributed by atoms with E-state index < -0.39 is 30.6 Å². The summed E-state index contributed by atoms with van der Waals surface area (Å²) < 4.78 is 53.2. The highest BCUT2D eigenvalue weighted by Crippen LogP contribution is 2.39. The normalized spacial score (nSPS) is 16.3. The lowest BCUT2D eigenvalue weighted by atomic mass is 9.94. The van der Waals surface area contributed by atoms with Gasteiger partial charge in [-0.05, 0) is 72.5 Å². The number of anilines is 1. The lowest BCUT2D eigenvalue weighted by Gasteiger charge is -2.23. The van der Waals surface area contributed by atoms with Crippen molar-refractivity contribution < 1.29 is 42.1 Å². The highest BCUT2D eigenvalue weighted by Gasteiger charge is 2.40. The first-order valence-electron chi connectivity index (χ1n) is 14.1. The molecule has 1 aliphatic rings. The average Bonchev–Trinajstić information content (AvgIpc) is 3.28. The van der Waals surface area contributed by atoms with Gasteiger partial charge < -0.3 is 24.2 Å². The molecule has 0 saturated carbocycles. The quantitative estimate of drug-likeness (QED) is 0.210. The van der Waals surface area contributed by atoms with E-state index in [4.69, 9.17) is 14.5 Å². The molecule has 1 saturated heterocycles.